The number of allylic oxidation sites excluding steroid dienone is 1. The monoisotopic (exact) mass is 296 g/mol. The van der Waals surface area contributed by atoms with Crippen LogP contribution in [0.25, 0.3) is 0 Å². The molecule has 1 atom stereocenters. The predicted octanol–water partition coefficient (Wildman–Crippen LogP) is 2.59. The van der Waals surface area contributed by atoms with Gasteiger partial charge in [0, 0.05) is 10.8 Å². The van der Waals surface area contributed by atoms with E-state index < -0.39 is 17.9 Å². The van der Waals surface area contributed by atoms with Crippen molar-refractivity contribution in [2.24, 2.45) is 0 Å². The zero-order valence-electron chi connectivity index (χ0n) is 12.0. The van der Waals surface area contributed by atoms with Gasteiger partial charge in [0.2, 0.25) is 0 Å². The van der Waals surface area contributed by atoms with Crippen LogP contribution in [0.1, 0.15) is 49.1 Å². The number of nitrogens with one attached hydrogen (secondary N) is 1. The fourth-order valence-electron chi connectivity index (χ4n) is 1.50. The Morgan fingerprint density at radius 2 is 2.20 bits per heavy atom. The number of carbonyl (C=O) groups is 2. The average molecular weight is 296 g/mol. The van der Waals surface area contributed by atoms with E-state index in [0.717, 1.165) is 5.01 Å². The van der Waals surface area contributed by atoms with Gasteiger partial charge in [-0.25, -0.2) is 9.78 Å². The maximum absolute atomic E-state index is 12.0. The van der Waals surface area contributed by atoms with E-state index in [-0.39, 0.29) is 11.1 Å². The molecule has 110 valence electrons. The Morgan fingerprint density at radius 1 is 1.55 bits per heavy atom. The second-order valence-electron chi connectivity index (χ2n) is 5.52. The van der Waals surface area contributed by atoms with E-state index in [1.54, 1.807) is 11.5 Å². The van der Waals surface area contributed by atoms with Gasteiger partial charge in [0.05, 0.1) is 5.01 Å². The van der Waals surface area contributed by atoms with Gasteiger partial charge in [-0.05, 0) is 12.8 Å². The van der Waals surface area contributed by atoms with Crippen molar-refractivity contribution >= 4 is 23.2 Å². The van der Waals surface area contributed by atoms with Crippen molar-refractivity contribution in [3.05, 3.63) is 28.7 Å². The highest BCUT2D eigenvalue weighted by Gasteiger charge is 2.23. The molecule has 1 rings (SSSR count). The number of aliphatic carboxylic acids is 1. The molecule has 20 heavy (non-hydrogen) atoms. The molecule has 1 aromatic heterocycles. The van der Waals surface area contributed by atoms with E-state index in [0.29, 0.717) is 12.8 Å². The van der Waals surface area contributed by atoms with Gasteiger partial charge >= 0.3 is 5.97 Å². The molecule has 6 heteroatoms. The fraction of sp³-hybridized carbons (Fsp3) is 0.500. The third kappa shape index (κ3) is 4.45. The Morgan fingerprint density at radius 3 is 2.65 bits per heavy atom. The Hall–Kier alpha value is -1.69. The molecule has 1 aromatic rings. The molecule has 0 bridgehead atoms. The first-order valence-corrected chi connectivity index (χ1v) is 7.24. The Labute approximate surface area is 122 Å². The first kappa shape index (κ1) is 16.4. The van der Waals surface area contributed by atoms with Gasteiger partial charge < -0.3 is 10.4 Å². The van der Waals surface area contributed by atoms with Gasteiger partial charge in [-0.2, -0.15) is 0 Å². The van der Waals surface area contributed by atoms with Crippen LogP contribution in [0, 0.1) is 0 Å². The van der Waals surface area contributed by atoms with Crippen molar-refractivity contribution in [3.8, 4) is 0 Å². The molecule has 1 unspecified atom stereocenters. The lowest BCUT2D eigenvalue weighted by Gasteiger charge is -2.14. The zero-order chi connectivity index (χ0) is 15.3. The van der Waals surface area contributed by atoms with Crippen LogP contribution in [0.5, 0.6) is 0 Å². The van der Waals surface area contributed by atoms with Crippen molar-refractivity contribution in [2.45, 2.75) is 45.1 Å². The van der Waals surface area contributed by atoms with Crippen molar-refractivity contribution in [1.29, 1.82) is 0 Å². The maximum atomic E-state index is 12.0. The molecule has 1 heterocycles. The first-order valence-electron chi connectivity index (χ1n) is 6.36. The smallest absolute Gasteiger partial charge is 0.326 e. The number of nitrogens with zero attached hydrogens (tertiary/aromatic N) is 1. The summed E-state index contributed by atoms with van der Waals surface area (Å²) in [5.41, 5.74) is 0.142. The number of thiazole rings is 1. The Balaban J connectivity index is 2.76. The Kier molecular flexibility index (Phi) is 5.44. The highest BCUT2D eigenvalue weighted by Crippen LogP contribution is 2.25. The summed E-state index contributed by atoms with van der Waals surface area (Å²) in [5.74, 6) is -1.50. The minimum Gasteiger partial charge on any atom is -0.480 e. The highest BCUT2D eigenvalue weighted by atomic mass is 32.1. The molecule has 0 aliphatic heterocycles. The van der Waals surface area contributed by atoms with Gasteiger partial charge in [0.15, 0.2) is 0 Å². The molecule has 5 nitrogen and oxygen atoms in total. The summed E-state index contributed by atoms with van der Waals surface area (Å²) in [7, 11) is 0. The van der Waals surface area contributed by atoms with E-state index in [2.05, 4.69) is 16.9 Å². The van der Waals surface area contributed by atoms with E-state index in [4.69, 9.17) is 5.11 Å². The molecule has 0 aliphatic rings. The minimum atomic E-state index is -1.05. The largest absolute Gasteiger partial charge is 0.480 e. The standard InChI is InChI=1S/C14H20N2O3S/c1-5-6-7-9(12(18)19)15-11(17)10-8-20-13(16-10)14(2,3)4/h5,8-9H,1,6-7H2,2-4H3,(H,15,17)(H,18,19). The van der Waals surface area contributed by atoms with Crippen molar-refractivity contribution < 1.29 is 14.7 Å². The number of hydrogen-bond acceptors (Lipinski definition) is 4. The topological polar surface area (TPSA) is 79.3 Å². The van der Waals surface area contributed by atoms with E-state index in [1.807, 2.05) is 20.8 Å². The van der Waals surface area contributed by atoms with Gasteiger partial charge in [0.1, 0.15) is 11.7 Å². The van der Waals surface area contributed by atoms with Crippen molar-refractivity contribution in [3.63, 3.8) is 0 Å². The number of hydrogen-bond donors (Lipinski definition) is 2. The summed E-state index contributed by atoms with van der Waals surface area (Å²) < 4.78 is 0. The van der Waals surface area contributed by atoms with Gasteiger partial charge in [-0.1, -0.05) is 26.8 Å². The zero-order valence-corrected chi connectivity index (χ0v) is 12.8. The molecule has 0 aromatic carbocycles. The molecule has 0 radical (unpaired) electrons. The summed E-state index contributed by atoms with van der Waals surface area (Å²) in [6.45, 7) is 9.58. The summed E-state index contributed by atoms with van der Waals surface area (Å²) in [5, 5.41) is 14.1. The molecule has 1 amide bonds. The van der Waals surface area contributed by atoms with Crippen LogP contribution in [0.2, 0.25) is 0 Å². The summed E-state index contributed by atoms with van der Waals surface area (Å²) in [4.78, 5) is 27.3. The van der Waals surface area contributed by atoms with Gasteiger partial charge in [-0.15, -0.1) is 17.9 Å². The van der Waals surface area contributed by atoms with Crippen LogP contribution in [-0.2, 0) is 10.2 Å². The molecule has 2 N–H and O–H groups in total. The van der Waals surface area contributed by atoms with Gasteiger partial charge in [0.25, 0.3) is 5.91 Å². The minimum absolute atomic E-state index is 0.127. The lowest BCUT2D eigenvalue weighted by atomic mass is 9.98. The van der Waals surface area contributed by atoms with Crippen molar-refractivity contribution in [2.75, 3.05) is 0 Å². The van der Waals surface area contributed by atoms with Crippen LogP contribution in [0.15, 0.2) is 18.0 Å². The molecule has 0 spiro atoms. The Bertz CT molecular complexity index is 503. The first-order chi connectivity index (χ1) is 9.25. The molecule has 0 fully saturated rings. The van der Waals surface area contributed by atoms with Crippen LogP contribution in [0.4, 0.5) is 0 Å². The quantitative estimate of drug-likeness (QED) is 0.791. The van der Waals surface area contributed by atoms with Crippen molar-refractivity contribution in [1.82, 2.24) is 10.3 Å². The van der Waals surface area contributed by atoms with E-state index >= 15 is 0 Å². The summed E-state index contributed by atoms with van der Waals surface area (Å²) in [6.07, 6.45) is 2.48. The van der Waals surface area contributed by atoms with E-state index in [1.165, 1.54) is 11.3 Å². The molecular weight excluding hydrogens is 276 g/mol. The maximum Gasteiger partial charge on any atom is 0.326 e. The fourth-order valence-corrected chi connectivity index (χ4v) is 2.38. The second kappa shape index (κ2) is 6.65. The highest BCUT2D eigenvalue weighted by molar-refractivity contribution is 7.10. The number of carbonyl (C=O) groups excluding carboxylic acids is 1. The van der Waals surface area contributed by atoms with Crippen LogP contribution in [0.3, 0.4) is 0 Å². The molecule has 0 saturated carbocycles. The molecule has 0 saturated heterocycles. The lowest BCUT2D eigenvalue weighted by Crippen LogP contribution is -2.40. The number of carboxylic acid groups (broad SMARTS) is 1. The van der Waals surface area contributed by atoms with Crippen LogP contribution >= 0.6 is 11.3 Å². The predicted molar refractivity (Wildman–Crippen MR) is 79.1 cm³/mol. The normalized spacial score (nSPS) is 12.8. The SMILES string of the molecule is C=CCCC(NC(=O)c1csc(C(C)(C)C)n1)C(=O)O. The van der Waals surface area contributed by atoms with E-state index in [9.17, 15) is 9.59 Å². The lowest BCUT2D eigenvalue weighted by molar-refractivity contribution is -0.139. The summed E-state index contributed by atoms with van der Waals surface area (Å²) in [6, 6.07) is -0.916. The van der Waals surface area contributed by atoms with Gasteiger partial charge in [-0.3, -0.25) is 4.79 Å². The molecular formula is C14H20N2O3S. The van der Waals surface area contributed by atoms with Crippen LogP contribution in [-0.4, -0.2) is 28.0 Å². The van der Waals surface area contributed by atoms with Crippen LogP contribution < -0.4 is 5.32 Å². The summed E-state index contributed by atoms with van der Waals surface area (Å²) >= 11 is 1.40. The number of amides is 1. The average Bonchev–Trinajstić information content (AvgIpc) is 2.83. The number of aromatic nitrogens is 1. The third-order valence-corrected chi connectivity index (χ3v) is 3.91. The number of carboxylic acids is 1. The third-order valence-electron chi connectivity index (χ3n) is 2.64. The second-order valence-corrected chi connectivity index (χ2v) is 6.38. The number of rotatable bonds is 6. The molecule has 0 aliphatic carbocycles.